The molecule has 3 nitrogen and oxygen atoms in total. The Kier molecular flexibility index (Phi) is 4.16. The van der Waals surface area contributed by atoms with Crippen LogP contribution in [0.2, 0.25) is 0 Å². The van der Waals surface area contributed by atoms with Crippen LogP contribution in [-0.4, -0.2) is 4.40 Å². The van der Waals surface area contributed by atoms with Gasteiger partial charge < -0.3 is 4.40 Å². The molecule has 2 bridgehead atoms. The molecular formula is C49H25N3. The lowest BCUT2D eigenvalue weighted by atomic mass is 9.43. The molecule has 0 fully saturated rings. The highest BCUT2D eigenvalue weighted by Gasteiger charge is 2.70. The van der Waals surface area contributed by atoms with Gasteiger partial charge in [0.1, 0.15) is 0 Å². The number of hydrogen-bond acceptors (Lipinski definition) is 2. The van der Waals surface area contributed by atoms with Gasteiger partial charge in [-0.25, -0.2) is 0 Å². The molecule has 9 aromatic rings. The fourth-order valence-electron chi connectivity index (χ4n) is 12.6. The van der Waals surface area contributed by atoms with Crippen LogP contribution in [0.3, 0.4) is 0 Å². The van der Waals surface area contributed by atoms with Crippen LogP contribution in [0, 0.1) is 22.7 Å². The third-order valence-electron chi connectivity index (χ3n) is 14.0. The summed E-state index contributed by atoms with van der Waals surface area (Å²) in [5.74, 6) is 0.420. The van der Waals surface area contributed by atoms with Gasteiger partial charge in [-0.1, -0.05) is 115 Å². The second-order valence-corrected chi connectivity index (χ2v) is 15.6. The van der Waals surface area contributed by atoms with E-state index in [9.17, 15) is 10.5 Å². The van der Waals surface area contributed by atoms with Crippen LogP contribution in [0.5, 0.6) is 0 Å². The Bertz CT molecular complexity index is 3260. The quantitative estimate of drug-likeness (QED) is 0.163. The van der Waals surface area contributed by atoms with Gasteiger partial charge in [0.25, 0.3) is 0 Å². The van der Waals surface area contributed by atoms with Gasteiger partial charge in [-0.15, -0.1) is 0 Å². The molecule has 7 aromatic carbocycles. The Morgan fingerprint density at radius 2 is 0.904 bits per heavy atom. The summed E-state index contributed by atoms with van der Waals surface area (Å²) in [6.45, 7) is 0. The van der Waals surface area contributed by atoms with E-state index < -0.39 is 0 Å². The highest BCUT2D eigenvalue weighted by atomic mass is 14.9. The maximum Gasteiger partial charge on any atom is 0.0995 e. The third kappa shape index (κ3) is 2.41. The van der Waals surface area contributed by atoms with E-state index in [1.54, 1.807) is 0 Å². The molecule has 0 amide bonds. The number of hydrogen-bond donors (Lipinski definition) is 0. The van der Waals surface area contributed by atoms with Gasteiger partial charge in [-0.05, 0) is 78.9 Å². The normalized spacial score (nSPS) is 23.0. The fourth-order valence-corrected chi connectivity index (χ4v) is 12.6. The summed E-state index contributed by atoms with van der Waals surface area (Å²) in [7, 11) is 0. The minimum absolute atomic E-state index is 0.0173. The Labute approximate surface area is 298 Å². The van der Waals surface area contributed by atoms with E-state index in [0.717, 1.165) is 27.7 Å². The van der Waals surface area contributed by atoms with Crippen LogP contribution in [0.4, 0.5) is 0 Å². The molecule has 6 aliphatic rings. The summed E-state index contributed by atoms with van der Waals surface area (Å²) in [5, 5.41) is 26.9. The Balaban J connectivity index is 1.16. The maximum atomic E-state index is 11.0. The number of fused-ring (bicyclic) bond motifs is 14. The average molecular weight is 656 g/mol. The smallest absolute Gasteiger partial charge is 0.0995 e. The molecule has 236 valence electrons. The van der Waals surface area contributed by atoms with Crippen molar-refractivity contribution in [1.82, 2.24) is 4.40 Å². The van der Waals surface area contributed by atoms with Crippen molar-refractivity contribution in [1.29, 1.82) is 10.5 Å². The first kappa shape index (κ1) is 26.2. The van der Waals surface area contributed by atoms with Gasteiger partial charge in [-0.3, -0.25) is 0 Å². The Morgan fingerprint density at radius 3 is 1.44 bits per heavy atom. The first-order valence-electron chi connectivity index (χ1n) is 18.3. The third-order valence-corrected chi connectivity index (χ3v) is 14.0. The SMILES string of the molecule is N#Cc1cc2c(c3c1C1c4ccccc4C3c3ccccc31)c1cccc3c4c5c(c(C#N)cc4n2c13)C1c2ccccc2C12c1ccccc1C52. The molecule has 0 radical (unpaired) electrons. The summed E-state index contributed by atoms with van der Waals surface area (Å²) < 4.78 is 2.42. The van der Waals surface area contributed by atoms with E-state index in [1.165, 1.54) is 88.3 Å². The van der Waals surface area contributed by atoms with Crippen molar-refractivity contribution in [3.63, 3.8) is 0 Å². The largest absolute Gasteiger partial charge is 0.308 e. The number of nitrogens with zero attached hydrogens (tertiary/aromatic N) is 3. The molecule has 2 heterocycles. The van der Waals surface area contributed by atoms with E-state index in [0.29, 0.717) is 0 Å². The lowest BCUT2D eigenvalue weighted by molar-refractivity contribution is 0.333. The van der Waals surface area contributed by atoms with Gasteiger partial charge in [-0.2, -0.15) is 10.5 Å². The van der Waals surface area contributed by atoms with Crippen molar-refractivity contribution in [2.75, 3.05) is 0 Å². The molecule has 0 aliphatic heterocycles. The van der Waals surface area contributed by atoms with Crippen molar-refractivity contribution in [2.24, 2.45) is 0 Å². The van der Waals surface area contributed by atoms with Crippen molar-refractivity contribution < 1.29 is 0 Å². The van der Waals surface area contributed by atoms with Crippen molar-refractivity contribution in [3.05, 3.63) is 205 Å². The zero-order valence-electron chi connectivity index (χ0n) is 27.8. The van der Waals surface area contributed by atoms with Gasteiger partial charge in [0.2, 0.25) is 0 Å². The highest BCUT2D eigenvalue weighted by molar-refractivity contribution is 6.26. The summed E-state index contributed by atoms with van der Waals surface area (Å²) >= 11 is 0. The standard InChI is InChI=1S/C49H25N3/c50-22-24-20-36-42(44-38(24)40-26-10-1-3-12-28(26)41(44)29-13-4-2-11-27(29)40)32-16-9-17-33-43-37(52(36)48(32)33)21-25(23-51)39-45(43)47-31-15-6-8-19-35(31)49(47)34-18-7-5-14-30(34)46(39)49/h1-21,40-41,46-47H. The molecule has 0 saturated carbocycles. The van der Waals surface area contributed by atoms with Crippen LogP contribution >= 0.6 is 0 Å². The Hall–Kier alpha value is -6.68. The lowest BCUT2D eigenvalue weighted by Crippen LogP contribution is -2.52. The van der Waals surface area contributed by atoms with Crippen LogP contribution in [0.15, 0.2) is 127 Å². The topological polar surface area (TPSA) is 52.0 Å². The lowest BCUT2D eigenvalue weighted by Gasteiger charge is -2.58. The Morgan fingerprint density at radius 1 is 0.462 bits per heavy atom. The number of aromatic nitrogens is 1. The molecule has 2 aromatic heterocycles. The van der Waals surface area contributed by atoms with E-state index in [2.05, 4.69) is 144 Å². The number of para-hydroxylation sites is 1. The molecule has 52 heavy (non-hydrogen) atoms. The molecule has 3 unspecified atom stereocenters. The summed E-state index contributed by atoms with van der Waals surface area (Å²) in [6.07, 6.45) is 0. The second kappa shape index (κ2) is 8.26. The molecule has 0 saturated heterocycles. The van der Waals surface area contributed by atoms with E-state index in [4.69, 9.17) is 0 Å². The molecular weight excluding hydrogens is 631 g/mol. The van der Waals surface area contributed by atoms with Gasteiger partial charge in [0.15, 0.2) is 0 Å². The van der Waals surface area contributed by atoms with E-state index in [1.807, 2.05) is 0 Å². The second-order valence-electron chi connectivity index (χ2n) is 15.6. The molecule has 15 rings (SSSR count). The first-order chi connectivity index (χ1) is 25.8. The van der Waals surface area contributed by atoms with Crippen LogP contribution in [-0.2, 0) is 5.41 Å². The maximum absolute atomic E-state index is 11.0. The van der Waals surface area contributed by atoms with Gasteiger partial charge in [0.05, 0.1) is 39.8 Å². The van der Waals surface area contributed by atoms with E-state index >= 15 is 0 Å². The first-order valence-corrected chi connectivity index (χ1v) is 18.3. The summed E-state index contributed by atoms with van der Waals surface area (Å²) in [4.78, 5) is 0. The fraction of sp³-hybridized carbons (Fsp3) is 0.102. The van der Waals surface area contributed by atoms with Crippen LogP contribution in [0.25, 0.3) is 38.1 Å². The average Bonchev–Trinajstić information content (AvgIpc) is 3.78. The summed E-state index contributed by atoms with van der Waals surface area (Å²) in [6, 6.07) is 52.2. The van der Waals surface area contributed by atoms with E-state index in [-0.39, 0.29) is 29.1 Å². The van der Waals surface area contributed by atoms with Crippen molar-refractivity contribution in [2.45, 2.75) is 29.1 Å². The zero-order valence-corrected chi connectivity index (χ0v) is 27.8. The molecule has 0 N–H and O–H groups in total. The monoisotopic (exact) mass is 655 g/mol. The van der Waals surface area contributed by atoms with Crippen molar-refractivity contribution in [3.8, 4) is 12.1 Å². The molecule has 1 spiro atoms. The molecule has 6 aliphatic carbocycles. The predicted molar refractivity (Wildman–Crippen MR) is 203 cm³/mol. The summed E-state index contributed by atoms with van der Waals surface area (Å²) in [5.41, 5.74) is 20.6. The minimum Gasteiger partial charge on any atom is -0.308 e. The van der Waals surface area contributed by atoms with Gasteiger partial charge >= 0.3 is 0 Å². The van der Waals surface area contributed by atoms with Crippen LogP contribution in [0.1, 0.15) is 102 Å². The number of nitriles is 2. The van der Waals surface area contributed by atoms with Crippen molar-refractivity contribution >= 4 is 38.1 Å². The number of benzene rings is 7. The molecule has 3 heteroatoms. The predicted octanol–water partition coefficient (Wildman–Crippen LogP) is 10.5. The minimum atomic E-state index is -0.128. The van der Waals surface area contributed by atoms with Gasteiger partial charge in [0, 0.05) is 50.6 Å². The highest BCUT2D eigenvalue weighted by Crippen LogP contribution is 2.78. The number of rotatable bonds is 0. The molecule has 3 atom stereocenters. The zero-order chi connectivity index (χ0) is 33.8. The van der Waals surface area contributed by atoms with Crippen LogP contribution < -0.4 is 0 Å².